The highest BCUT2D eigenvalue weighted by Crippen LogP contribution is 2.18. The summed E-state index contributed by atoms with van der Waals surface area (Å²) < 4.78 is 5.06. The van der Waals surface area contributed by atoms with E-state index in [2.05, 4.69) is 15.3 Å². The lowest BCUT2D eigenvalue weighted by atomic mass is 10.2. The Morgan fingerprint density at radius 2 is 2.05 bits per heavy atom. The van der Waals surface area contributed by atoms with Crippen molar-refractivity contribution >= 4 is 23.5 Å². The highest BCUT2D eigenvalue weighted by Gasteiger charge is 2.32. The summed E-state index contributed by atoms with van der Waals surface area (Å²) in [5, 5.41) is 21.1. The molecule has 0 bridgehead atoms. The second-order valence-electron chi connectivity index (χ2n) is 4.65. The zero-order chi connectivity index (χ0) is 15.0. The average molecular weight is 287 g/mol. The van der Waals surface area contributed by atoms with E-state index in [9.17, 15) is 15.0 Å². The number of aliphatic hydroxyl groups is 1. The van der Waals surface area contributed by atoms with Crippen molar-refractivity contribution in [1.82, 2.24) is 5.32 Å². The third kappa shape index (κ3) is 2.69. The molecule has 0 saturated heterocycles. The minimum atomic E-state index is -1.22. The summed E-state index contributed by atoms with van der Waals surface area (Å²) in [5.74, 6) is 0.0842. The monoisotopic (exact) mass is 287 g/mol. The van der Waals surface area contributed by atoms with Gasteiger partial charge >= 0.3 is 0 Å². The van der Waals surface area contributed by atoms with Gasteiger partial charge in [0.05, 0.1) is 0 Å². The molecule has 1 aromatic rings. The summed E-state index contributed by atoms with van der Waals surface area (Å²) in [5.41, 5.74) is 1.37. The molecular weight excluding hydrogens is 274 g/mol. The highest BCUT2D eigenvalue weighted by atomic mass is 16.6. The van der Waals surface area contributed by atoms with E-state index in [1.807, 2.05) is 0 Å². The number of hydrogen-bond acceptors (Lipinski definition) is 6. The van der Waals surface area contributed by atoms with Gasteiger partial charge in [-0.25, -0.2) is 9.98 Å². The van der Waals surface area contributed by atoms with Crippen molar-refractivity contribution in [1.29, 1.82) is 0 Å². The molecule has 0 unspecified atom stereocenters. The van der Waals surface area contributed by atoms with Gasteiger partial charge in [0.2, 0.25) is 0 Å². The van der Waals surface area contributed by atoms with Crippen molar-refractivity contribution in [2.45, 2.75) is 19.4 Å². The number of ether oxygens (including phenoxy) is 1. The number of nitrogens with one attached hydrogen (secondary N) is 1. The third-order valence-corrected chi connectivity index (χ3v) is 3.10. The Bertz CT molecular complexity index is 676. The lowest BCUT2D eigenvalue weighted by Gasteiger charge is -2.05. The number of carbonyl (C=O) groups excluding carboxylic acids is 1. The predicted molar refractivity (Wildman–Crippen MR) is 75.7 cm³/mol. The zero-order valence-electron chi connectivity index (χ0n) is 11.1. The summed E-state index contributed by atoms with van der Waals surface area (Å²) in [6.45, 7) is 1.71. The van der Waals surface area contributed by atoms with E-state index in [0.29, 0.717) is 5.71 Å². The van der Waals surface area contributed by atoms with Crippen molar-refractivity contribution in [3.8, 4) is 5.75 Å². The quantitative estimate of drug-likeness (QED) is 0.685. The highest BCUT2D eigenvalue weighted by molar-refractivity contribution is 6.48. The molecule has 3 N–H and O–H groups in total. The van der Waals surface area contributed by atoms with Gasteiger partial charge in [-0.05, 0) is 30.7 Å². The SMILES string of the molecule is C[C@H]1O[C@@H](O)N=C1C1=N/C(=C\c2ccc(O)cc2)C(=O)N1. The van der Waals surface area contributed by atoms with Crippen LogP contribution in [0.2, 0.25) is 0 Å². The van der Waals surface area contributed by atoms with E-state index in [0.717, 1.165) is 5.56 Å². The number of phenols is 1. The van der Waals surface area contributed by atoms with Gasteiger partial charge in [0.15, 0.2) is 5.84 Å². The van der Waals surface area contributed by atoms with Gasteiger partial charge in [-0.1, -0.05) is 12.1 Å². The Morgan fingerprint density at radius 1 is 1.33 bits per heavy atom. The van der Waals surface area contributed by atoms with E-state index in [1.165, 1.54) is 12.1 Å². The number of carbonyl (C=O) groups is 1. The van der Waals surface area contributed by atoms with Crippen LogP contribution in [0.1, 0.15) is 12.5 Å². The fourth-order valence-corrected chi connectivity index (χ4v) is 2.07. The molecule has 2 atom stereocenters. The Hall–Kier alpha value is -2.51. The second kappa shape index (κ2) is 5.12. The van der Waals surface area contributed by atoms with E-state index < -0.39 is 12.5 Å². The first-order valence-electron chi connectivity index (χ1n) is 6.35. The number of nitrogens with zero attached hydrogens (tertiary/aromatic N) is 2. The van der Waals surface area contributed by atoms with E-state index in [4.69, 9.17) is 4.74 Å². The van der Waals surface area contributed by atoms with Crippen LogP contribution >= 0.6 is 0 Å². The normalized spacial score (nSPS) is 26.8. The maximum atomic E-state index is 11.9. The number of aromatic hydroxyl groups is 1. The predicted octanol–water partition coefficient (Wildman–Crippen LogP) is 0.397. The first-order chi connectivity index (χ1) is 10.0. The van der Waals surface area contributed by atoms with Crippen LogP contribution < -0.4 is 5.32 Å². The lowest BCUT2D eigenvalue weighted by molar-refractivity contribution is -0.115. The maximum Gasteiger partial charge on any atom is 0.275 e. The summed E-state index contributed by atoms with van der Waals surface area (Å²) >= 11 is 0. The van der Waals surface area contributed by atoms with Gasteiger partial charge in [-0.2, -0.15) is 0 Å². The fraction of sp³-hybridized carbons (Fsp3) is 0.214. The van der Waals surface area contributed by atoms with Crippen molar-refractivity contribution in [3.05, 3.63) is 35.5 Å². The maximum absolute atomic E-state index is 11.9. The largest absolute Gasteiger partial charge is 0.508 e. The topological polar surface area (TPSA) is 104 Å². The van der Waals surface area contributed by atoms with E-state index in [-0.39, 0.29) is 23.2 Å². The van der Waals surface area contributed by atoms with Crippen LogP contribution in [0.4, 0.5) is 0 Å². The van der Waals surface area contributed by atoms with E-state index in [1.54, 1.807) is 25.1 Å². The van der Waals surface area contributed by atoms with Crippen molar-refractivity contribution in [2.24, 2.45) is 9.98 Å². The van der Waals surface area contributed by atoms with Crippen LogP contribution in [0.25, 0.3) is 6.08 Å². The molecule has 0 spiro atoms. The van der Waals surface area contributed by atoms with Crippen molar-refractivity contribution < 1.29 is 19.7 Å². The molecule has 0 aromatic heterocycles. The number of hydrogen-bond donors (Lipinski definition) is 3. The van der Waals surface area contributed by atoms with Crippen molar-refractivity contribution in [3.63, 3.8) is 0 Å². The molecule has 0 fully saturated rings. The molecule has 0 saturated carbocycles. The summed E-state index contributed by atoms with van der Waals surface area (Å²) in [6.07, 6.45) is -0.0639. The van der Waals surface area contributed by atoms with Crippen LogP contribution in [0.3, 0.4) is 0 Å². The number of aliphatic imine (C=N–C) groups is 2. The Morgan fingerprint density at radius 3 is 2.67 bits per heavy atom. The number of aliphatic hydroxyl groups excluding tert-OH is 1. The minimum Gasteiger partial charge on any atom is -0.508 e. The first-order valence-corrected chi connectivity index (χ1v) is 6.35. The summed E-state index contributed by atoms with van der Waals surface area (Å²) in [6, 6.07) is 6.39. The van der Waals surface area contributed by atoms with Gasteiger partial charge < -0.3 is 20.3 Å². The van der Waals surface area contributed by atoms with E-state index >= 15 is 0 Å². The molecule has 2 aliphatic rings. The third-order valence-electron chi connectivity index (χ3n) is 3.10. The van der Waals surface area contributed by atoms with Crippen LogP contribution in [0.15, 0.2) is 39.9 Å². The molecule has 0 radical (unpaired) electrons. The molecule has 7 heteroatoms. The molecule has 3 rings (SSSR count). The summed E-state index contributed by atoms with van der Waals surface area (Å²) in [7, 11) is 0. The standard InChI is InChI=1S/C14H13N3O4/c1-7-11(16-14(20)21-7)12-15-10(13(19)17-12)6-8-2-4-9(18)5-3-8/h2-7,14,18,20H,1H3,(H,15,17,19)/b10-6-/t7-,14-/m1/s1. The second-order valence-corrected chi connectivity index (χ2v) is 4.65. The van der Waals surface area contributed by atoms with Gasteiger partial charge in [-0.3, -0.25) is 4.79 Å². The Balaban J connectivity index is 1.89. The number of amidine groups is 1. The molecule has 7 nitrogen and oxygen atoms in total. The van der Waals surface area contributed by atoms with Crippen LogP contribution in [0, 0.1) is 0 Å². The molecule has 1 aromatic carbocycles. The Kier molecular flexibility index (Phi) is 3.28. The van der Waals surface area contributed by atoms with Gasteiger partial charge in [0.25, 0.3) is 12.3 Å². The number of phenolic OH excluding ortho intramolecular Hbond substituents is 1. The zero-order valence-corrected chi connectivity index (χ0v) is 11.1. The van der Waals surface area contributed by atoms with Gasteiger partial charge in [0.1, 0.15) is 23.3 Å². The number of benzene rings is 1. The average Bonchev–Trinajstić information content (AvgIpc) is 2.95. The summed E-state index contributed by atoms with van der Waals surface area (Å²) in [4.78, 5) is 20.0. The van der Waals surface area contributed by atoms with Crippen LogP contribution in [-0.4, -0.2) is 40.2 Å². The lowest BCUT2D eigenvalue weighted by Crippen LogP contribution is -2.35. The van der Waals surface area contributed by atoms with Gasteiger partial charge in [0, 0.05) is 0 Å². The molecule has 2 aliphatic heterocycles. The first kappa shape index (κ1) is 13.5. The molecular formula is C14H13N3O4. The molecule has 108 valence electrons. The van der Waals surface area contributed by atoms with Gasteiger partial charge in [-0.15, -0.1) is 0 Å². The number of rotatable bonds is 2. The number of amides is 1. The molecule has 1 amide bonds. The minimum absolute atomic E-state index is 0.150. The van der Waals surface area contributed by atoms with Crippen LogP contribution in [0.5, 0.6) is 5.75 Å². The molecule has 2 heterocycles. The molecule has 21 heavy (non-hydrogen) atoms. The smallest absolute Gasteiger partial charge is 0.275 e. The molecule has 0 aliphatic carbocycles. The van der Waals surface area contributed by atoms with Crippen LogP contribution in [-0.2, 0) is 9.53 Å². The Labute approximate surface area is 120 Å². The van der Waals surface area contributed by atoms with Crippen molar-refractivity contribution in [2.75, 3.05) is 0 Å². The fourth-order valence-electron chi connectivity index (χ4n) is 2.07.